The summed E-state index contributed by atoms with van der Waals surface area (Å²) in [6.07, 6.45) is 0. The van der Waals surface area contributed by atoms with Crippen LogP contribution >= 0.6 is 12.4 Å². The van der Waals surface area contributed by atoms with Gasteiger partial charge < -0.3 is 21.1 Å². The second-order valence-corrected chi connectivity index (χ2v) is 6.12. The molecule has 0 aliphatic heterocycles. The van der Waals surface area contributed by atoms with E-state index >= 15 is 0 Å². The van der Waals surface area contributed by atoms with Crippen LogP contribution in [0.2, 0.25) is 0 Å². The molecule has 0 fully saturated rings. The van der Waals surface area contributed by atoms with Gasteiger partial charge in [-0.2, -0.15) is 0 Å². The first-order valence-corrected chi connectivity index (χ1v) is 8.84. The van der Waals surface area contributed by atoms with E-state index in [-0.39, 0.29) is 18.4 Å². The van der Waals surface area contributed by atoms with Crippen LogP contribution in [0.4, 0.5) is 4.79 Å². The van der Waals surface area contributed by atoms with Crippen molar-refractivity contribution in [1.82, 2.24) is 10.6 Å². The first kappa shape index (κ1) is 21.3. The number of carbonyl (C=O) groups excluding carboxylic acids is 1. The molecule has 2 amide bonds. The number of hydrogen-bond donors (Lipinski definition) is 3. The van der Waals surface area contributed by atoms with Crippen molar-refractivity contribution in [2.45, 2.75) is 19.6 Å². The van der Waals surface area contributed by atoms with Crippen LogP contribution in [0.3, 0.4) is 0 Å². The minimum Gasteiger partial charge on any atom is -0.457 e. The molecule has 0 radical (unpaired) electrons. The van der Waals surface area contributed by atoms with Gasteiger partial charge in [0, 0.05) is 19.6 Å². The number of ether oxygens (including phenoxy) is 1. The molecule has 28 heavy (non-hydrogen) atoms. The molecule has 0 spiro atoms. The zero-order chi connectivity index (χ0) is 18.9. The molecule has 3 aromatic carbocycles. The summed E-state index contributed by atoms with van der Waals surface area (Å²) in [7, 11) is 0. The van der Waals surface area contributed by atoms with Crippen molar-refractivity contribution in [3.05, 3.63) is 95.6 Å². The van der Waals surface area contributed by atoms with Crippen molar-refractivity contribution in [2.75, 3.05) is 0 Å². The fourth-order valence-electron chi connectivity index (χ4n) is 2.52. The lowest BCUT2D eigenvalue weighted by Gasteiger charge is -2.09. The smallest absolute Gasteiger partial charge is 0.315 e. The fraction of sp³-hybridized carbons (Fsp3) is 0.136. The van der Waals surface area contributed by atoms with Gasteiger partial charge in [0.05, 0.1) is 0 Å². The molecule has 5 nitrogen and oxygen atoms in total. The molecule has 0 aromatic heterocycles. The molecular weight excluding hydrogens is 374 g/mol. The van der Waals surface area contributed by atoms with Gasteiger partial charge in [0.15, 0.2) is 0 Å². The third kappa shape index (κ3) is 6.61. The van der Waals surface area contributed by atoms with Gasteiger partial charge in [-0.3, -0.25) is 0 Å². The first-order chi connectivity index (χ1) is 13.2. The van der Waals surface area contributed by atoms with Crippen LogP contribution in [0.1, 0.15) is 16.7 Å². The van der Waals surface area contributed by atoms with E-state index in [0.717, 1.165) is 28.2 Å². The molecule has 6 heteroatoms. The molecule has 0 heterocycles. The Hall–Kier alpha value is -3.02. The Morgan fingerprint density at radius 2 is 1.18 bits per heavy atom. The Morgan fingerprint density at radius 1 is 0.714 bits per heavy atom. The van der Waals surface area contributed by atoms with Gasteiger partial charge in [0.2, 0.25) is 0 Å². The molecular formula is C22H24ClN3O2. The Morgan fingerprint density at radius 3 is 1.71 bits per heavy atom. The van der Waals surface area contributed by atoms with E-state index in [1.165, 1.54) is 0 Å². The van der Waals surface area contributed by atoms with Crippen LogP contribution in [-0.2, 0) is 19.6 Å². The Balaban J connectivity index is 0.00000280. The number of amides is 2. The zero-order valence-corrected chi connectivity index (χ0v) is 16.2. The van der Waals surface area contributed by atoms with Gasteiger partial charge in [-0.1, -0.05) is 54.6 Å². The molecule has 4 N–H and O–H groups in total. The third-order valence-corrected chi connectivity index (χ3v) is 4.07. The lowest BCUT2D eigenvalue weighted by molar-refractivity contribution is 0.240. The average molecular weight is 398 g/mol. The zero-order valence-electron chi connectivity index (χ0n) is 15.4. The summed E-state index contributed by atoms with van der Waals surface area (Å²) in [6.45, 7) is 1.44. The highest BCUT2D eigenvalue weighted by atomic mass is 35.5. The predicted octanol–water partition coefficient (Wildman–Crippen LogP) is 4.36. The number of nitrogens with two attached hydrogens (primary N) is 1. The van der Waals surface area contributed by atoms with E-state index in [4.69, 9.17) is 10.5 Å². The second kappa shape index (κ2) is 11.0. The Bertz CT molecular complexity index is 853. The average Bonchev–Trinajstić information content (AvgIpc) is 2.73. The maximum absolute atomic E-state index is 12.0. The topological polar surface area (TPSA) is 76.4 Å². The quantitative estimate of drug-likeness (QED) is 0.554. The van der Waals surface area contributed by atoms with Crippen LogP contribution < -0.4 is 21.1 Å². The Labute approximate surface area is 171 Å². The summed E-state index contributed by atoms with van der Waals surface area (Å²) >= 11 is 0. The van der Waals surface area contributed by atoms with E-state index in [1.54, 1.807) is 0 Å². The molecule has 3 rings (SSSR count). The van der Waals surface area contributed by atoms with Crippen LogP contribution in [0, 0.1) is 0 Å². The number of halogens is 1. The van der Waals surface area contributed by atoms with Gasteiger partial charge in [0.1, 0.15) is 11.5 Å². The summed E-state index contributed by atoms with van der Waals surface area (Å²) in [5, 5.41) is 5.69. The number of para-hydroxylation sites is 1. The minimum atomic E-state index is -0.206. The van der Waals surface area contributed by atoms with Crippen molar-refractivity contribution < 1.29 is 9.53 Å². The molecule has 0 bridgehead atoms. The monoisotopic (exact) mass is 397 g/mol. The van der Waals surface area contributed by atoms with Crippen molar-refractivity contribution >= 4 is 18.4 Å². The minimum absolute atomic E-state index is 0. The van der Waals surface area contributed by atoms with Crippen molar-refractivity contribution in [2.24, 2.45) is 5.73 Å². The number of hydrogen-bond acceptors (Lipinski definition) is 3. The second-order valence-electron chi connectivity index (χ2n) is 6.12. The summed E-state index contributed by atoms with van der Waals surface area (Å²) < 4.78 is 5.76. The number of benzene rings is 3. The summed E-state index contributed by atoms with van der Waals surface area (Å²) in [6, 6.07) is 24.9. The van der Waals surface area contributed by atoms with Gasteiger partial charge >= 0.3 is 6.03 Å². The van der Waals surface area contributed by atoms with E-state index in [2.05, 4.69) is 10.6 Å². The summed E-state index contributed by atoms with van der Waals surface area (Å²) in [4.78, 5) is 12.0. The molecule has 146 valence electrons. The van der Waals surface area contributed by atoms with E-state index in [9.17, 15) is 4.79 Å². The van der Waals surface area contributed by atoms with Gasteiger partial charge in [-0.25, -0.2) is 4.79 Å². The standard InChI is InChI=1S/C22H23N3O2.ClH/c23-14-17-6-8-18(9-7-17)15-24-22(26)25-16-19-10-12-21(13-11-19)27-20-4-2-1-3-5-20;/h1-13H,14-16,23H2,(H2,24,25,26);1H. The van der Waals surface area contributed by atoms with Crippen LogP contribution in [0.15, 0.2) is 78.9 Å². The molecule has 0 aliphatic carbocycles. The molecule has 0 saturated carbocycles. The van der Waals surface area contributed by atoms with Gasteiger partial charge in [-0.15, -0.1) is 12.4 Å². The summed E-state index contributed by atoms with van der Waals surface area (Å²) in [5.74, 6) is 1.55. The van der Waals surface area contributed by atoms with E-state index in [0.29, 0.717) is 19.6 Å². The SMILES string of the molecule is Cl.NCc1ccc(CNC(=O)NCc2ccc(Oc3ccccc3)cc2)cc1. The van der Waals surface area contributed by atoms with Crippen molar-refractivity contribution in [3.63, 3.8) is 0 Å². The van der Waals surface area contributed by atoms with Gasteiger partial charge in [-0.05, 0) is 41.0 Å². The number of carbonyl (C=O) groups is 1. The maximum atomic E-state index is 12.0. The molecule has 0 atom stereocenters. The third-order valence-electron chi connectivity index (χ3n) is 4.07. The molecule has 0 aliphatic rings. The lowest BCUT2D eigenvalue weighted by atomic mass is 10.1. The fourth-order valence-corrected chi connectivity index (χ4v) is 2.52. The number of urea groups is 1. The largest absolute Gasteiger partial charge is 0.457 e. The number of rotatable bonds is 7. The van der Waals surface area contributed by atoms with E-state index < -0.39 is 0 Å². The predicted molar refractivity (Wildman–Crippen MR) is 114 cm³/mol. The van der Waals surface area contributed by atoms with Gasteiger partial charge in [0.25, 0.3) is 0 Å². The van der Waals surface area contributed by atoms with Crippen molar-refractivity contribution in [1.29, 1.82) is 0 Å². The highest BCUT2D eigenvalue weighted by molar-refractivity contribution is 5.85. The van der Waals surface area contributed by atoms with Crippen LogP contribution in [0.5, 0.6) is 11.5 Å². The van der Waals surface area contributed by atoms with Crippen LogP contribution in [-0.4, -0.2) is 6.03 Å². The Kier molecular flexibility index (Phi) is 8.34. The normalized spacial score (nSPS) is 9.89. The van der Waals surface area contributed by atoms with E-state index in [1.807, 2.05) is 78.9 Å². The number of nitrogens with one attached hydrogen (secondary N) is 2. The maximum Gasteiger partial charge on any atom is 0.315 e. The lowest BCUT2D eigenvalue weighted by Crippen LogP contribution is -2.34. The molecule has 0 saturated heterocycles. The summed E-state index contributed by atoms with van der Waals surface area (Å²) in [5.41, 5.74) is 8.68. The molecule has 0 unspecified atom stereocenters. The first-order valence-electron chi connectivity index (χ1n) is 8.84. The highest BCUT2D eigenvalue weighted by Crippen LogP contribution is 2.21. The van der Waals surface area contributed by atoms with Crippen LogP contribution in [0.25, 0.3) is 0 Å². The van der Waals surface area contributed by atoms with Crippen molar-refractivity contribution in [3.8, 4) is 11.5 Å². The highest BCUT2D eigenvalue weighted by Gasteiger charge is 2.02. The molecule has 3 aromatic rings.